The van der Waals surface area contributed by atoms with E-state index in [1.54, 1.807) is 0 Å². The van der Waals surface area contributed by atoms with Crippen LogP contribution in [0.4, 0.5) is 0 Å². The summed E-state index contributed by atoms with van der Waals surface area (Å²) >= 11 is 0. The monoisotopic (exact) mass is 198 g/mol. The van der Waals surface area contributed by atoms with E-state index in [4.69, 9.17) is 9.84 Å². The standard InChI is InChI=1S/C8H10N2O4/c11-8(12)7-9-6(10-14-7)5-1-3-13-4-2-5/h5H,1-4H2,(H,11,12). The molecule has 0 unspecified atom stereocenters. The van der Waals surface area contributed by atoms with Gasteiger partial charge in [0.15, 0.2) is 5.82 Å². The predicted octanol–water partition coefficient (Wildman–Crippen LogP) is 0.662. The molecule has 14 heavy (non-hydrogen) atoms. The number of rotatable bonds is 2. The van der Waals surface area contributed by atoms with E-state index in [-0.39, 0.29) is 11.8 Å². The SMILES string of the molecule is O=C(O)c1nc(C2CCOCC2)no1. The van der Waals surface area contributed by atoms with Gasteiger partial charge in [-0.15, -0.1) is 0 Å². The second-order valence-electron chi connectivity index (χ2n) is 3.15. The van der Waals surface area contributed by atoms with Crippen LogP contribution in [0.15, 0.2) is 4.52 Å². The average Bonchev–Trinajstić information content (AvgIpc) is 2.68. The summed E-state index contributed by atoms with van der Waals surface area (Å²) < 4.78 is 9.75. The molecule has 0 saturated carbocycles. The van der Waals surface area contributed by atoms with Crippen molar-refractivity contribution in [1.29, 1.82) is 0 Å². The van der Waals surface area contributed by atoms with Gasteiger partial charge in [0, 0.05) is 19.1 Å². The lowest BCUT2D eigenvalue weighted by atomic mass is 10.00. The van der Waals surface area contributed by atoms with E-state index >= 15 is 0 Å². The fraction of sp³-hybridized carbons (Fsp3) is 0.625. The molecule has 6 heteroatoms. The molecule has 6 nitrogen and oxygen atoms in total. The zero-order valence-electron chi connectivity index (χ0n) is 7.47. The topological polar surface area (TPSA) is 85.5 Å². The Morgan fingerprint density at radius 3 is 2.71 bits per heavy atom. The Morgan fingerprint density at radius 1 is 1.43 bits per heavy atom. The van der Waals surface area contributed by atoms with Crippen LogP contribution in [0.3, 0.4) is 0 Å². The van der Waals surface area contributed by atoms with Gasteiger partial charge in [-0.05, 0) is 12.8 Å². The fourth-order valence-corrected chi connectivity index (χ4v) is 1.44. The second-order valence-corrected chi connectivity index (χ2v) is 3.15. The Balaban J connectivity index is 2.11. The molecular weight excluding hydrogens is 188 g/mol. The molecule has 0 amide bonds. The number of carboxylic acid groups (broad SMARTS) is 1. The van der Waals surface area contributed by atoms with E-state index in [0.717, 1.165) is 12.8 Å². The summed E-state index contributed by atoms with van der Waals surface area (Å²) in [5.74, 6) is -0.881. The summed E-state index contributed by atoms with van der Waals surface area (Å²) in [5.41, 5.74) is 0. The largest absolute Gasteiger partial charge is 0.474 e. The lowest BCUT2D eigenvalue weighted by Crippen LogP contribution is -2.15. The van der Waals surface area contributed by atoms with Crippen LogP contribution >= 0.6 is 0 Å². The highest BCUT2D eigenvalue weighted by Gasteiger charge is 2.23. The minimum absolute atomic E-state index is 0.167. The van der Waals surface area contributed by atoms with E-state index in [1.165, 1.54) is 0 Å². The molecule has 2 heterocycles. The molecule has 76 valence electrons. The van der Waals surface area contributed by atoms with Crippen molar-refractivity contribution in [1.82, 2.24) is 10.1 Å². The Labute approximate surface area is 79.9 Å². The Kier molecular flexibility index (Phi) is 2.45. The van der Waals surface area contributed by atoms with Crippen molar-refractivity contribution < 1.29 is 19.2 Å². The third kappa shape index (κ3) is 1.74. The quantitative estimate of drug-likeness (QED) is 0.751. The zero-order valence-corrected chi connectivity index (χ0v) is 7.47. The first-order chi connectivity index (χ1) is 6.77. The van der Waals surface area contributed by atoms with Gasteiger partial charge in [-0.25, -0.2) is 4.79 Å². The maximum absolute atomic E-state index is 10.5. The van der Waals surface area contributed by atoms with Gasteiger partial charge in [0.05, 0.1) is 0 Å². The molecule has 1 N–H and O–H groups in total. The number of aromatic carboxylic acids is 1. The molecule has 0 radical (unpaired) electrons. The van der Waals surface area contributed by atoms with Crippen LogP contribution in [0, 0.1) is 0 Å². The van der Waals surface area contributed by atoms with Crippen LogP contribution in [0.2, 0.25) is 0 Å². The van der Waals surface area contributed by atoms with Crippen molar-refractivity contribution in [2.24, 2.45) is 0 Å². The molecule has 0 spiro atoms. The summed E-state index contributed by atoms with van der Waals surface area (Å²) in [6, 6.07) is 0. The van der Waals surface area contributed by atoms with Crippen molar-refractivity contribution in [2.75, 3.05) is 13.2 Å². The molecule has 1 saturated heterocycles. The molecule has 1 aromatic rings. The minimum Gasteiger partial charge on any atom is -0.474 e. The lowest BCUT2D eigenvalue weighted by Gasteiger charge is -2.18. The third-order valence-corrected chi connectivity index (χ3v) is 2.21. The minimum atomic E-state index is -1.18. The molecule has 0 aromatic carbocycles. The number of ether oxygens (including phenoxy) is 1. The summed E-state index contributed by atoms with van der Waals surface area (Å²) in [7, 11) is 0. The molecule has 1 aliphatic rings. The number of hydrogen-bond acceptors (Lipinski definition) is 5. The van der Waals surface area contributed by atoms with Gasteiger partial charge in [-0.2, -0.15) is 4.98 Å². The molecule has 2 rings (SSSR count). The molecule has 1 aromatic heterocycles. The van der Waals surface area contributed by atoms with Gasteiger partial charge in [0.25, 0.3) is 0 Å². The average molecular weight is 198 g/mol. The van der Waals surface area contributed by atoms with Gasteiger partial charge in [0.1, 0.15) is 0 Å². The summed E-state index contributed by atoms with van der Waals surface area (Å²) in [4.78, 5) is 14.3. The number of nitrogens with zero attached hydrogens (tertiary/aromatic N) is 2. The summed E-state index contributed by atoms with van der Waals surface area (Å²) in [5, 5.41) is 12.2. The number of aromatic nitrogens is 2. The fourth-order valence-electron chi connectivity index (χ4n) is 1.44. The van der Waals surface area contributed by atoms with Crippen LogP contribution in [0.5, 0.6) is 0 Å². The van der Waals surface area contributed by atoms with Crippen molar-refractivity contribution >= 4 is 5.97 Å². The normalized spacial score (nSPS) is 18.3. The lowest BCUT2D eigenvalue weighted by molar-refractivity contribution is 0.0643. The molecular formula is C8H10N2O4. The number of hydrogen-bond donors (Lipinski definition) is 1. The van der Waals surface area contributed by atoms with E-state index in [1.807, 2.05) is 0 Å². The van der Waals surface area contributed by atoms with E-state index in [9.17, 15) is 4.79 Å². The van der Waals surface area contributed by atoms with Crippen LogP contribution in [-0.4, -0.2) is 34.4 Å². The van der Waals surface area contributed by atoms with Crippen molar-refractivity contribution in [3.63, 3.8) is 0 Å². The first-order valence-corrected chi connectivity index (χ1v) is 4.42. The van der Waals surface area contributed by atoms with Gasteiger partial charge in [-0.3, -0.25) is 0 Å². The Morgan fingerprint density at radius 2 is 2.14 bits per heavy atom. The Bertz CT molecular complexity index is 330. The van der Waals surface area contributed by atoms with Crippen molar-refractivity contribution in [2.45, 2.75) is 18.8 Å². The molecule has 0 aliphatic carbocycles. The molecule has 0 atom stereocenters. The first kappa shape index (κ1) is 9.14. The zero-order chi connectivity index (χ0) is 9.97. The maximum Gasteiger partial charge on any atom is 0.394 e. The number of carboxylic acids is 1. The summed E-state index contributed by atoms with van der Waals surface area (Å²) in [6.45, 7) is 1.34. The van der Waals surface area contributed by atoms with Crippen LogP contribution in [-0.2, 0) is 4.74 Å². The third-order valence-electron chi connectivity index (χ3n) is 2.21. The maximum atomic E-state index is 10.5. The smallest absolute Gasteiger partial charge is 0.394 e. The van der Waals surface area contributed by atoms with Crippen LogP contribution in [0.1, 0.15) is 35.3 Å². The number of carbonyl (C=O) groups is 1. The van der Waals surface area contributed by atoms with E-state index in [2.05, 4.69) is 14.7 Å². The van der Waals surface area contributed by atoms with E-state index in [0.29, 0.717) is 19.0 Å². The van der Waals surface area contributed by atoms with Gasteiger partial charge in [-0.1, -0.05) is 5.16 Å². The Hall–Kier alpha value is -1.43. The molecule has 0 bridgehead atoms. The van der Waals surface area contributed by atoms with Crippen LogP contribution in [0.25, 0.3) is 0 Å². The highest BCUT2D eigenvalue weighted by molar-refractivity contribution is 5.81. The highest BCUT2D eigenvalue weighted by Crippen LogP contribution is 2.24. The van der Waals surface area contributed by atoms with Crippen LogP contribution < -0.4 is 0 Å². The molecule has 1 aliphatic heterocycles. The van der Waals surface area contributed by atoms with Crippen molar-refractivity contribution in [3.05, 3.63) is 11.7 Å². The van der Waals surface area contributed by atoms with Crippen molar-refractivity contribution in [3.8, 4) is 0 Å². The summed E-state index contributed by atoms with van der Waals surface area (Å²) in [6.07, 6.45) is 1.64. The second kappa shape index (κ2) is 3.75. The van der Waals surface area contributed by atoms with Gasteiger partial charge in [0.2, 0.25) is 0 Å². The molecule has 1 fully saturated rings. The van der Waals surface area contributed by atoms with Gasteiger partial charge >= 0.3 is 11.9 Å². The van der Waals surface area contributed by atoms with Gasteiger partial charge < -0.3 is 14.4 Å². The van der Waals surface area contributed by atoms with E-state index < -0.39 is 5.97 Å². The first-order valence-electron chi connectivity index (χ1n) is 4.42. The predicted molar refractivity (Wildman–Crippen MR) is 44.1 cm³/mol. The highest BCUT2D eigenvalue weighted by atomic mass is 16.5.